The summed E-state index contributed by atoms with van der Waals surface area (Å²) in [7, 11) is 0. The lowest BCUT2D eigenvalue weighted by Crippen LogP contribution is -2.34. The van der Waals surface area contributed by atoms with Gasteiger partial charge in [-0.3, -0.25) is 19.9 Å². The van der Waals surface area contributed by atoms with Gasteiger partial charge in [0.15, 0.2) is 0 Å². The van der Waals surface area contributed by atoms with E-state index >= 15 is 0 Å². The Hall–Kier alpha value is -2.58. The number of pyridine rings is 1. The Labute approximate surface area is 125 Å². The molecule has 1 amide bonds. The number of hydrogen-bond donors (Lipinski definition) is 3. The molecule has 8 nitrogen and oxygen atoms in total. The second-order valence-electron chi connectivity index (χ2n) is 4.78. The van der Waals surface area contributed by atoms with Crippen LogP contribution in [0.2, 0.25) is 0 Å². The van der Waals surface area contributed by atoms with Gasteiger partial charge in [0.2, 0.25) is 5.91 Å². The Morgan fingerprint density at radius 2 is 2.14 bits per heavy atom. The van der Waals surface area contributed by atoms with Crippen LogP contribution in [0, 0.1) is 10.1 Å². The largest absolute Gasteiger partial charge is 0.388 e. The first kappa shape index (κ1) is 15.8. The number of benzene rings is 1. The third-order valence-corrected chi connectivity index (χ3v) is 3.22. The average molecular weight is 305 g/mol. The number of nitro groups is 1. The average Bonchev–Trinajstić information content (AvgIpc) is 2.50. The Balaban J connectivity index is 2.41. The second-order valence-corrected chi connectivity index (χ2v) is 4.78. The maximum absolute atomic E-state index is 11.0. The molecule has 0 fully saturated rings. The van der Waals surface area contributed by atoms with Gasteiger partial charge in [0, 0.05) is 31.3 Å². The molecule has 0 saturated carbocycles. The van der Waals surface area contributed by atoms with E-state index in [4.69, 9.17) is 0 Å². The van der Waals surface area contributed by atoms with Crippen molar-refractivity contribution < 1.29 is 19.9 Å². The van der Waals surface area contributed by atoms with Gasteiger partial charge in [0.05, 0.1) is 15.8 Å². The standard InChI is InChI=1S/C14H15N3O5/c1-8(18)16-7-12(19)14(20)10-4-5-11(17(21)22)9-3-2-6-15-13(9)10/h2-6,12,14,19-20H,7H2,1H3,(H,16,18). The fourth-order valence-corrected chi connectivity index (χ4v) is 2.14. The Morgan fingerprint density at radius 3 is 2.77 bits per heavy atom. The highest BCUT2D eigenvalue weighted by atomic mass is 16.6. The normalized spacial score (nSPS) is 13.6. The molecule has 0 aliphatic heterocycles. The Bertz CT molecular complexity index is 719. The predicted molar refractivity (Wildman–Crippen MR) is 78.0 cm³/mol. The number of aliphatic hydroxyl groups excluding tert-OH is 2. The van der Waals surface area contributed by atoms with Crippen LogP contribution in [0.25, 0.3) is 10.9 Å². The van der Waals surface area contributed by atoms with Crippen LogP contribution in [-0.4, -0.2) is 38.7 Å². The third-order valence-electron chi connectivity index (χ3n) is 3.22. The van der Waals surface area contributed by atoms with Crippen LogP contribution in [0.4, 0.5) is 5.69 Å². The van der Waals surface area contributed by atoms with Crippen molar-refractivity contribution in [3.05, 3.63) is 46.1 Å². The number of nitrogens with zero attached hydrogens (tertiary/aromatic N) is 2. The lowest BCUT2D eigenvalue weighted by atomic mass is 9.99. The molecule has 116 valence electrons. The summed E-state index contributed by atoms with van der Waals surface area (Å²) in [5.41, 5.74) is 0.375. The van der Waals surface area contributed by atoms with Crippen LogP contribution in [0.15, 0.2) is 30.5 Å². The van der Waals surface area contributed by atoms with E-state index in [0.29, 0.717) is 0 Å². The molecular weight excluding hydrogens is 290 g/mol. The molecule has 2 atom stereocenters. The molecule has 2 aromatic rings. The van der Waals surface area contributed by atoms with Crippen LogP contribution in [0.3, 0.4) is 0 Å². The van der Waals surface area contributed by atoms with Crippen LogP contribution in [-0.2, 0) is 4.79 Å². The predicted octanol–water partition coefficient (Wildman–Crippen LogP) is 0.673. The molecule has 1 aromatic carbocycles. The summed E-state index contributed by atoms with van der Waals surface area (Å²) in [4.78, 5) is 25.4. The smallest absolute Gasteiger partial charge is 0.278 e. The van der Waals surface area contributed by atoms with Gasteiger partial charge in [-0.2, -0.15) is 0 Å². The minimum absolute atomic E-state index is 0.129. The summed E-state index contributed by atoms with van der Waals surface area (Å²) in [6.45, 7) is 1.16. The first-order valence-corrected chi connectivity index (χ1v) is 6.54. The molecule has 1 heterocycles. The number of amides is 1. The number of carbonyl (C=O) groups excluding carboxylic acids is 1. The van der Waals surface area contributed by atoms with Crippen molar-refractivity contribution in [2.24, 2.45) is 0 Å². The van der Waals surface area contributed by atoms with Gasteiger partial charge in [0.25, 0.3) is 5.69 Å². The molecule has 2 rings (SSSR count). The molecule has 0 bridgehead atoms. The van der Waals surface area contributed by atoms with Gasteiger partial charge in [-0.15, -0.1) is 0 Å². The fraction of sp³-hybridized carbons (Fsp3) is 0.286. The number of non-ortho nitro benzene ring substituents is 1. The summed E-state index contributed by atoms with van der Waals surface area (Å²) >= 11 is 0. The molecule has 8 heteroatoms. The minimum atomic E-state index is -1.33. The van der Waals surface area contributed by atoms with Crippen molar-refractivity contribution >= 4 is 22.5 Å². The molecule has 0 radical (unpaired) electrons. The van der Waals surface area contributed by atoms with E-state index in [-0.39, 0.29) is 34.6 Å². The zero-order valence-corrected chi connectivity index (χ0v) is 11.8. The Morgan fingerprint density at radius 1 is 1.41 bits per heavy atom. The highest BCUT2D eigenvalue weighted by Crippen LogP contribution is 2.31. The molecular formula is C14H15N3O5. The molecule has 22 heavy (non-hydrogen) atoms. The summed E-state index contributed by atoms with van der Waals surface area (Å²) in [6.07, 6.45) is -1.14. The highest BCUT2D eigenvalue weighted by molar-refractivity contribution is 5.90. The highest BCUT2D eigenvalue weighted by Gasteiger charge is 2.24. The van der Waals surface area contributed by atoms with Crippen LogP contribution < -0.4 is 5.32 Å². The number of hydrogen-bond acceptors (Lipinski definition) is 6. The van der Waals surface area contributed by atoms with E-state index in [9.17, 15) is 25.1 Å². The lowest BCUT2D eigenvalue weighted by molar-refractivity contribution is -0.383. The summed E-state index contributed by atoms with van der Waals surface area (Å²) < 4.78 is 0. The van der Waals surface area contributed by atoms with Gasteiger partial charge in [-0.1, -0.05) is 0 Å². The molecule has 0 saturated heterocycles. The summed E-state index contributed by atoms with van der Waals surface area (Å²) in [5, 5.41) is 33.8. The quantitative estimate of drug-likeness (QED) is 0.550. The van der Waals surface area contributed by atoms with E-state index in [1.165, 1.54) is 31.3 Å². The maximum atomic E-state index is 11.0. The third kappa shape index (κ3) is 3.18. The van der Waals surface area contributed by atoms with Crippen molar-refractivity contribution in [1.29, 1.82) is 0 Å². The molecule has 2 unspecified atom stereocenters. The van der Waals surface area contributed by atoms with Crippen molar-refractivity contribution in [2.45, 2.75) is 19.1 Å². The number of fused-ring (bicyclic) bond motifs is 1. The van der Waals surface area contributed by atoms with Gasteiger partial charge in [-0.05, 0) is 18.2 Å². The fourth-order valence-electron chi connectivity index (χ4n) is 2.14. The van der Waals surface area contributed by atoms with Gasteiger partial charge < -0.3 is 15.5 Å². The zero-order chi connectivity index (χ0) is 16.3. The second kappa shape index (κ2) is 6.46. The van der Waals surface area contributed by atoms with Crippen molar-refractivity contribution in [1.82, 2.24) is 10.3 Å². The van der Waals surface area contributed by atoms with Crippen LogP contribution in [0.1, 0.15) is 18.6 Å². The molecule has 1 aromatic heterocycles. The minimum Gasteiger partial charge on any atom is -0.388 e. The lowest BCUT2D eigenvalue weighted by Gasteiger charge is -2.19. The number of aliphatic hydroxyl groups is 2. The summed E-state index contributed by atoms with van der Waals surface area (Å²) in [5.74, 6) is -0.335. The van der Waals surface area contributed by atoms with Crippen molar-refractivity contribution in [2.75, 3.05) is 6.54 Å². The number of nitrogens with one attached hydrogen (secondary N) is 1. The molecule has 3 N–H and O–H groups in total. The van der Waals surface area contributed by atoms with Gasteiger partial charge in [0.1, 0.15) is 12.2 Å². The van der Waals surface area contributed by atoms with Gasteiger partial charge >= 0.3 is 0 Å². The van der Waals surface area contributed by atoms with E-state index < -0.39 is 17.1 Å². The van der Waals surface area contributed by atoms with Crippen molar-refractivity contribution in [3.63, 3.8) is 0 Å². The van der Waals surface area contributed by atoms with Crippen molar-refractivity contribution in [3.8, 4) is 0 Å². The number of nitro benzene ring substituents is 1. The Kier molecular flexibility index (Phi) is 4.64. The van der Waals surface area contributed by atoms with Gasteiger partial charge in [-0.25, -0.2) is 0 Å². The van der Waals surface area contributed by atoms with E-state index in [1.807, 2.05) is 0 Å². The van der Waals surface area contributed by atoms with E-state index in [2.05, 4.69) is 10.3 Å². The number of carbonyl (C=O) groups is 1. The maximum Gasteiger partial charge on any atom is 0.278 e. The monoisotopic (exact) mass is 305 g/mol. The van der Waals surface area contributed by atoms with E-state index in [1.54, 1.807) is 6.07 Å². The topological polar surface area (TPSA) is 126 Å². The molecule has 0 aliphatic rings. The molecule has 0 aliphatic carbocycles. The van der Waals surface area contributed by atoms with Crippen LogP contribution >= 0.6 is 0 Å². The zero-order valence-electron chi connectivity index (χ0n) is 11.8. The number of rotatable bonds is 5. The summed E-state index contributed by atoms with van der Waals surface area (Å²) in [6, 6.07) is 5.69. The van der Waals surface area contributed by atoms with Crippen LogP contribution in [0.5, 0.6) is 0 Å². The first-order valence-electron chi connectivity index (χ1n) is 6.54. The SMILES string of the molecule is CC(=O)NCC(O)C(O)c1ccc([N+](=O)[O-])c2cccnc12. The van der Waals surface area contributed by atoms with E-state index in [0.717, 1.165) is 0 Å². The number of aromatic nitrogens is 1. The molecule has 0 spiro atoms. The first-order chi connectivity index (χ1) is 10.4.